The summed E-state index contributed by atoms with van der Waals surface area (Å²) < 4.78 is 36.7. The number of hydrogen-bond acceptors (Lipinski definition) is 4. The van der Waals surface area contributed by atoms with Crippen molar-refractivity contribution in [1.29, 1.82) is 0 Å². The molecule has 0 bridgehead atoms. The van der Waals surface area contributed by atoms with E-state index in [9.17, 15) is 22.4 Å². The van der Waals surface area contributed by atoms with Gasteiger partial charge in [0.15, 0.2) is 9.84 Å². The molecule has 0 fully saturated rings. The van der Waals surface area contributed by atoms with Crippen LogP contribution in [0.3, 0.4) is 0 Å². The third-order valence-electron chi connectivity index (χ3n) is 2.37. The number of rotatable bonds is 6. The number of aliphatic carboxylic acids is 1. The molecule has 0 saturated heterocycles. The molecule has 20 heavy (non-hydrogen) atoms. The van der Waals surface area contributed by atoms with Gasteiger partial charge < -0.3 is 10.4 Å². The molecule has 0 spiro atoms. The van der Waals surface area contributed by atoms with Crippen LogP contribution < -0.4 is 5.32 Å². The minimum atomic E-state index is -3.80. The predicted octanol–water partition coefficient (Wildman–Crippen LogP) is 0.330. The van der Waals surface area contributed by atoms with Crippen molar-refractivity contribution < 1.29 is 27.5 Å². The number of carboxylic acid groups (broad SMARTS) is 1. The first-order valence-corrected chi connectivity index (χ1v) is 7.46. The van der Waals surface area contributed by atoms with Gasteiger partial charge in [0, 0.05) is 6.92 Å². The molecule has 8 heteroatoms. The van der Waals surface area contributed by atoms with Crippen molar-refractivity contribution >= 4 is 21.7 Å². The number of carbonyl (C=O) groups excluding carboxylic acids is 1. The molecule has 0 heterocycles. The van der Waals surface area contributed by atoms with Crippen molar-refractivity contribution in [2.45, 2.75) is 18.7 Å². The SMILES string of the molecule is CC(=O)NC(CS(=O)(=O)Cc1cccc(F)c1)C(=O)O. The minimum absolute atomic E-state index is 0.219. The smallest absolute Gasteiger partial charge is 0.327 e. The van der Waals surface area contributed by atoms with Crippen molar-refractivity contribution in [1.82, 2.24) is 5.32 Å². The van der Waals surface area contributed by atoms with Crippen molar-refractivity contribution in [2.75, 3.05) is 5.75 Å². The van der Waals surface area contributed by atoms with Crippen molar-refractivity contribution in [3.63, 3.8) is 0 Å². The average molecular weight is 303 g/mol. The van der Waals surface area contributed by atoms with Crippen LogP contribution in [0.1, 0.15) is 12.5 Å². The lowest BCUT2D eigenvalue weighted by Crippen LogP contribution is -2.44. The highest BCUT2D eigenvalue weighted by Crippen LogP contribution is 2.10. The molecule has 0 radical (unpaired) electrons. The normalized spacial score (nSPS) is 12.7. The van der Waals surface area contributed by atoms with Crippen LogP contribution in [0.25, 0.3) is 0 Å². The first-order valence-electron chi connectivity index (χ1n) is 5.64. The molecule has 0 aromatic heterocycles. The van der Waals surface area contributed by atoms with Gasteiger partial charge in [0.25, 0.3) is 0 Å². The maximum atomic E-state index is 13.0. The molecule has 1 aromatic rings. The molecule has 2 N–H and O–H groups in total. The summed E-state index contributed by atoms with van der Waals surface area (Å²) in [6, 6.07) is 3.50. The number of carbonyl (C=O) groups is 2. The van der Waals surface area contributed by atoms with E-state index in [1.54, 1.807) is 0 Å². The molecule has 1 amide bonds. The highest BCUT2D eigenvalue weighted by molar-refractivity contribution is 7.90. The number of sulfone groups is 1. The molecule has 1 atom stereocenters. The molecular weight excluding hydrogens is 289 g/mol. The van der Waals surface area contributed by atoms with E-state index in [-0.39, 0.29) is 5.56 Å². The first-order chi connectivity index (χ1) is 9.19. The van der Waals surface area contributed by atoms with Gasteiger partial charge >= 0.3 is 5.97 Å². The Hall–Kier alpha value is -1.96. The summed E-state index contributed by atoms with van der Waals surface area (Å²) in [4.78, 5) is 21.7. The topological polar surface area (TPSA) is 101 Å². The first kappa shape index (κ1) is 16.1. The lowest BCUT2D eigenvalue weighted by molar-refractivity contribution is -0.140. The quantitative estimate of drug-likeness (QED) is 0.788. The van der Waals surface area contributed by atoms with E-state index in [2.05, 4.69) is 0 Å². The number of benzene rings is 1. The number of nitrogens with one attached hydrogen (secondary N) is 1. The van der Waals surface area contributed by atoms with Crippen molar-refractivity contribution in [2.24, 2.45) is 0 Å². The maximum absolute atomic E-state index is 13.0. The van der Waals surface area contributed by atoms with E-state index in [1.807, 2.05) is 5.32 Å². The summed E-state index contributed by atoms with van der Waals surface area (Å²) in [5.74, 6) is -3.90. The zero-order valence-corrected chi connectivity index (χ0v) is 11.5. The van der Waals surface area contributed by atoms with Crippen LogP contribution in [-0.2, 0) is 25.2 Å². The van der Waals surface area contributed by atoms with E-state index >= 15 is 0 Å². The molecule has 1 unspecified atom stereocenters. The second kappa shape index (κ2) is 6.47. The lowest BCUT2D eigenvalue weighted by atomic mass is 10.2. The highest BCUT2D eigenvalue weighted by Gasteiger charge is 2.26. The van der Waals surface area contributed by atoms with E-state index < -0.39 is 45.1 Å². The molecular formula is C12H14FNO5S. The second-order valence-electron chi connectivity index (χ2n) is 4.28. The fraction of sp³-hybridized carbons (Fsp3) is 0.333. The van der Waals surface area contributed by atoms with Gasteiger partial charge in [0.05, 0.1) is 11.5 Å². The van der Waals surface area contributed by atoms with Gasteiger partial charge in [-0.3, -0.25) is 4.79 Å². The summed E-state index contributed by atoms with van der Waals surface area (Å²) in [5, 5.41) is 10.9. The molecule has 0 aliphatic rings. The van der Waals surface area contributed by atoms with E-state index in [4.69, 9.17) is 5.11 Å². The Balaban J connectivity index is 2.82. The highest BCUT2D eigenvalue weighted by atomic mass is 32.2. The molecule has 0 saturated carbocycles. The van der Waals surface area contributed by atoms with Crippen LogP contribution in [0.4, 0.5) is 4.39 Å². The summed E-state index contributed by atoms with van der Waals surface area (Å²) in [7, 11) is -3.80. The Kier molecular flexibility index (Phi) is 5.20. The minimum Gasteiger partial charge on any atom is -0.480 e. The van der Waals surface area contributed by atoms with E-state index in [0.29, 0.717) is 0 Å². The van der Waals surface area contributed by atoms with Crippen LogP contribution in [-0.4, -0.2) is 37.2 Å². The fourth-order valence-electron chi connectivity index (χ4n) is 1.61. The van der Waals surface area contributed by atoms with Gasteiger partial charge in [-0.15, -0.1) is 0 Å². The molecule has 0 aliphatic heterocycles. The maximum Gasteiger partial charge on any atom is 0.327 e. The van der Waals surface area contributed by atoms with Crippen LogP contribution in [0.5, 0.6) is 0 Å². The Labute approximate surface area is 115 Å². The number of halogens is 1. The van der Waals surface area contributed by atoms with Gasteiger partial charge in [-0.25, -0.2) is 17.6 Å². The Morgan fingerprint density at radius 1 is 1.40 bits per heavy atom. The summed E-state index contributed by atoms with van der Waals surface area (Å²) in [5.41, 5.74) is 0.219. The van der Waals surface area contributed by atoms with Crippen molar-refractivity contribution in [3.05, 3.63) is 35.6 Å². The zero-order chi connectivity index (χ0) is 15.3. The molecule has 6 nitrogen and oxygen atoms in total. The van der Waals surface area contributed by atoms with E-state index in [1.165, 1.54) is 18.2 Å². The molecule has 110 valence electrons. The summed E-state index contributed by atoms with van der Waals surface area (Å²) >= 11 is 0. The number of carboxylic acids is 1. The Bertz CT molecular complexity index is 614. The largest absolute Gasteiger partial charge is 0.480 e. The molecule has 0 aliphatic carbocycles. The Morgan fingerprint density at radius 2 is 2.05 bits per heavy atom. The predicted molar refractivity (Wildman–Crippen MR) is 69.1 cm³/mol. The fourth-order valence-corrected chi connectivity index (χ4v) is 3.15. The third-order valence-corrected chi connectivity index (χ3v) is 3.99. The van der Waals surface area contributed by atoms with Gasteiger partial charge in [0.1, 0.15) is 11.9 Å². The average Bonchev–Trinajstić information content (AvgIpc) is 2.26. The molecule has 1 aromatic carbocycles. The van der Waals surface area contributed by atoms with Crippen molar-refractivity contribution in [3.8, 4) is 0 Å². The van der Waals surface area contributed by atoms with Gasteiger partial charge in [-0.05, 0) is 17.7 Å². The monoisotopic (exact) mass is 303 g/mol. The lowest BCUT2D eigenvalue weighted by Gasteiger charge is -2.13. The summed E-state index contributed by atoms with van der Waals surface area (Å²) in [6.07, 6.45) is 0. The standard InChI is InChI=1S/C12H14FNO5S/c1-8(15)14-11(12(16)17)7-20(18,19)6-9-3-2-4-10(13)5-9/h2-5,11H,6-7H2,1H3,(H,14,15)(H,16,17). The van der Waals surface area contributed by atoms with Gasteiger partial charge in [-0.1, -0.05) is 12.1 Å². The Morgan fingerprint density at radius 3 is 2.55 bits per heavy atom. The second-order valence-corrected chi connectivity index (χ2v) is 6.38. The third kappa shape index (κ3) is 5.35. The van der Waals surface area contributed by atoms with E-state index in [0.717, 1.165) is 13.0 Å². The summed E-state index contributed by atoms with van der Waals surface area (Å²) in [6.45, 7) is 1.09. The molecule has 1 rings (SSSR count). The number of amides is 1. The van der Waals surface area contributed by atoms with Crippen LogP contribution in [0.15, 0.2) is 24.3 Å². The zero-order valence-electron chi connectivity index (χ0n) is 10.7. The van der Waals surface area contributed by atoms with Gasteiger partial charge in [0.2, 0.25) is 5.91 Å². The number of hydrogen-bond donors (Lipinski definition) is 2. The van der Waals surface area contributed by atoms with Crippen LogP contribution >= 0.6 is 0 Å². The van der Waals surface area contributed by atoms with Gasteiger partial charge in [-0.2, -0.15) is 0 Å². The van der Waals surface area contributed by atoms with Crippen LogP contribution in [0, 0.1) is 5.82 Å². The van der Waals surface area contributed by atoms with Crippen LogP contribution in [0.2, 0.25) is 0 Å².